The van der Waals surface area contributed by atoms with E-state index in [2.05, 4.69) is 13.2 Å². The molecule has 0 atom stereocenters. The van der Waals surface area contributed by atoms with E-state index in [9.17, 15) is 19.2 Å². The van der Waals surface area contributed by atoms with Crippen LogP contribution in [0.2, 0.25) is 0 Å². The van der Waals surface area contributed by atoms with Crippen molar-refractivity contribution in [3.8, 4) is 11.5 Å². The fourth-order valence-electron chi connectivity index (χ4n) is 5.72. The third-order valence-corrected chi connectivity index (χ3v) is 8.89. The summed E-state index contributed by atoms with van der Waals surface area (Å²) in [5.74, 6) is -0.577. The lowest BCUT2D eigenvalue weighted by molar-refractivity contribution is -0.138. The van der Waals surface area contributed by atoms with Crippen molar-refractivity contribution in [2.45, 2.75) is 77.0 Å². The third-order valence-electron chi connectivity index (χ3n) is 8.89. The minimum atomic E-state index is -0.397. The molecule has 0 aromatic heterocycles. The molecule has 0 bridgehead atoms. The highest BCUT2D eigenvalue weighted by Gasteiger charge is 2.11. The number of rotatable bonds is 23. The fraction of sp³-hybridized carbons (Fsp3) is 0.304. The Balaban J connectivity index is 1.11. The van der Waals surface area contributed by atoms with Crippen molar-refractivity contribution in [1.29, 1.82) is 0 Å². The molecule has 0 fully saturated rings. The lowest BCUT2D eigenvalue weighted by Crippen LogP contribution is -2.08. The summed E-state index contributed by atoms with van der Waals surface area (Å²) in [6, 6.07) is 30.1. The van der Waals surface area contributed by atoms with Gasteiger partial charge in [-0.1, -0.05) is 87.4 Å². The van der Waals surface area contributed by atoms with Gasteiger partial charge in [0.1, 0.15) is 11.5 Å². The molecular weight excluding hydrogens is 680 g/mol. The normalized spacial score (nSPS) is 10.6. The first-order valence-corrected chi connectivity index (χ1v) is 18.7. The Morgan fingerprint density at radius 1 is 0.407 bits per heavy atom. The number of hydrogen-bond donors (Lipinski definition) is 0. The molecule has 0 heterocycles. The van der Waals surface area contributed by atoms with Gasteiger partial charge in [0.15, 0.2) is 0 Å². The predicted octanol–water partition coefficient (Wildman–Crippen LogP) is 9.57. The lowest BCUT2D eigenvalue weighted by Gasteiger charge is -2.08. The van der Waals surface area contributed by atoms with Crippen molar-refractivity contribution >= 4 is 23.9 Å². The van der Waals surface area contributed by atoms with Crippen LogP contribution in [0.15, 0.2) is 122 Å². The molecule has 4 aromatic carbocycles. The van der Waals surface area contributed by atoms with E-state index in [1.807, 2.05) is 72.8 Å². The number of aryl methyl sites for hydroxylation is 4. The minimum Gasteiger partial charge on any atom is -0.463 e. The molecule has 0 aliphatic heterocycles. The standard InChI is InChI=1S/C46H50O8/c1-3-43(47)51-33-11-7-5-9-13-35-17-25-39(26-18-35)45(49)53-41-29-21-37(22-30-41)15-16-38-23-31-42(32-24-38)54-46(50)40-27-19-36(20-28-40)14-10-6-8-12-34-52-44(48)4-2/h3-4,17-32H,1-2,5-16,33-34H2. The lowest BCUT2D eigenvalue weighted by atomic mass is 10.0. The number of ether oxygens (including phenoxy) is 4. The molecule has 0 saturated heterocycles. The number of esters is 4. The van der Waals surface area contributed by atoms with E-state index in [1.54, 1.807) is 24.3 Å². The quantitative estimate of drug-likeness (QED) is 0.0322. The highest BCUT2D eigenvalue weighted by Crippen LogP contribution is 2.20. The summed E-state index contributed by atoms with van der Waals surface area (Å²) in [7, 11) is 0. The van der Waals surface area contributed by atoms with Crippen molar-refractivity contribution in [2.75, 3.05) is 13.2 Å². The molecule has 0 radical (unpaired) electrons. The van der Waals surface area contributed by atoms with Gasteiger partial charge in [0, 0.05) is 12.2 Å². The first-order valence-electron chi connectivity index (χ1n) is 18.7. The van der Waals surface area contributed by atoms with Gasteiger partial charge in [0.05, 0.1) is 24.3 Å². The molecule has 8 heteroatoms. The molecule has 0 spiro atoms. The van der Waals surface area contributed by atoms with Gasteiger partial charge in [0.2, 0.25) is 0 Å². The second kappa shape index (κ2) is 23.0. The van der Waals surface area contributed by atoms with Gasteiger partial charge < -0.3 is 18.9 Å². The Labute approximate surface area is 318 Å². The van der Waals surface area contributed by atoms with E-state index in [0.29, 0.717) is 35.8 Å². The van der Waals surface area contributed by atoms with Gasteiger partial charge >= 0.3 is 23.9 Å². The van der Waals surface area contributed by atoms with Crippen LogP contribution in [0.25, 0.3) is 0 Å². The zero-order valence-electron chi connectivity index (χ0n) is 31.0. The van der Waals surface area contributed by atoms with Crippen molar-refractivity contribution < 1.29 is 38.1 Å². The average molecular weight is 731 g/mol. The number of unbranched alkanes of at least 4 members (excludes halogenated alkanes) is 6. The Bertz CT molecular complexity index is 1650. The summed E-state index contributed by atoms with van der Waals surface area (Å²) in [6.07, 6.45) is 13.5. The van der Waals surface area contributed by atoms with Gasteiger partial charge in [0.25, 0.3) is 0 Å². The van der Waals surface area contributed by atoms with E-state index in [1.165, 1.54) is 12.2 Å². The van der Waals surface area contributed by atoms with Crippen LogP contribution in [0.5, 0.6) is 11.5 Å². The van der Waals surface area contributed by atoms with Gasteiger partial charge in [-0.3, -0.25) is 0 Å². The van der Waals surface area contributed by atoms with Crippen molar-refractivity contribution in [3.63, 3.8) is 0 Å². The topological polar surface area (TPSA) is 105 Å². The first-order chi connectivity index (χ1) is 26.3. The SMILES string of the molecule is C=CC(=O)OCCCCCCc1ccc(C(=O)Oc2ccc(CCc3ccc(OC(=O)c4ccc(CCCCCCOC(=O)C=C)cc4)cc3)cc2)cc1. The number of hydrogen-bond acceptors (Lipinski definition) is 8. The smallest absolute Gasteiger partial charge is 0.343 e. The fourth-order valence-corrected chi connectivity index (χ4v) is 5.72. The van der Waals surface area contributed by atoms with E-state index >= 15 is 0 Å². The van der Waals surface area contributed by atoms with Crippen LogP contribution >= 0.6 is 0 Å². The zero-order chi connectivity index (χ0) is 38.4. The first kappa shape index (κ1) is 41.0. The van der Waals surface area contributed by atoms with Gasteiger partial charge in [-0.15, -0.1) is 0 Å². The van der Waals surface area contributed by atoms with E-state index in [0.717, 1.165) is 99.3 Å². The summed E-state index contributed by atoms with van der Waals surface area (Å²) in [6.45, 7) is 7.61. The van der Waals surface area contributed by atoms with Crippen LogP contribution in [0.1, 0.15) is 94.3 Å². The summed E-state index contributed by atoms with van der Waals surface area (Å²) >= 11 is 0. The predicted molar refractivity (Wildman–Crippen MR) is 210 cm³/mol. The molecule has 4 aromatic rings. The highest BCUT2D eigenvalue weighted by atomic mass is 16.5. The Morgan fingerprint density at radius 2 is 0.722 bits per heavy atom. The molecule has 0 saturated carbocycles. The van der Waals surface area contributed by atoms with E-state index in [-0.39, 0.29) is 11.9 Å². The molecule has 8 nitrogen and oxygen atoms in total. The van der Waals surface area contributed by atoms with Crippen molar-refractivity contribution in [3.05, 3.63) is 156 Å². The summed E-state index contributed by atoms with van der Waals surface area (Å²) in [4.78, 5) is 47.6. The van der Waals surface area contributed by atoms with E-state index in [4.69, 9.17) is 18.9 Å². The minimum absolute atomic E-state index is 0.383. The third kappa shape index (κ3) is 15.1. The Morgan fingerprint density at radius 3 is 1.07 bits per heavy atom. The summed E-state index contributed by atoms with van der Waals surface area (Å²) in [5.41, 5.74) is 5.55. The second-order valence-electron chi connectivity index (χ2n) is 13.0. The Kier molecular flexibility index (Phi) is 17.5. The molecule has 0 unspecified atom stereocenters. The van der Waals surface area contributed by atoms with Gasteiger partial charge in [-0.25, -0.2) is 19.2 Å². The summed E-state index contributed by atoms with van der Waals surface area (Å²) in [5, 5.41) is 0. The van der Waals surface area contributed by atoms with Crippen LogP contribution in [-0.4, -0.2) is 37.1 Å². The maximum absolute atomic E-state index is 12.7. The number of carbonyl (C=O) groups is 4. The average Bonchev–Trinajstić information content (AvgIpc) is 3.20. The van der Waals surface area contributed by atoms with Crippen LogP contribution in [0, 0.1) is 0 Å². The highest BCUT2D eigenvalue weighted by molar-refractivity contribution is 5.91. The molecule has 4 rings (SSSR count). The molecule has 54 heavy (non-hydrogen) atoms. The summed E-state index contributed by atoms with van der Waals surface area (Å²) < 4.78 is 21.2. The molecule has 0 amide bonds. The van der Waals surface area contributed by atoms with Crippen LogP contribution in [-0.2, 0) is 44.7 Å². The van der Waals surface area contributed by atoms with Crippen LogP contribution in [0.4, 0.5) is 0 Å². The maximum Gasteiger partial charge on any atom is 0.343 e. The van der Waals surface area contributed by atoms with Crippen molar-refractivity contribution in [2.24, 2.45) is 0 Å². The second-order valence-corrected chi connectivity index (χ2v) is 13.0. The number of carbonyl (C=O) groups excluding carboxylic acids is 4. The number of benzene rings is 4. The molecule has 0 aliphatic carbocycles. The van der Waals surface area contributed by atoms with Crippen LogP contribution < -0.4 is 9.47 Å². The largest absolute Gasteiger partial charge is 0.463 e. The van der Waals surface area contributed by atoms with Crippen molar-refractivity contribution in [1.82, 2.24) is 0 Å². The molecule has 282 valence electrons. The van der Waals surface area contributed by atoms with Gasteiger partial charge in [-0.2, -0.15) is 0 Å². The zero-order valence-corrected chi connectivity index (χ0v) is 31.0. The Hall–Kier alpha value is -5.76. The van der Waals surface area contributed by atoms with E-state index < -0.39 is 11.9 Å². The molecule has 0 N–H and O–H groups in total. The van der Waals surface area contributed by atoms with Crippen LogP contribution in [0.3, 0.4) is 0 Å². The van der Waals surface area contributed by atoms with Gasteiger partial charge in [-0.05, 0) is 122 Å². The monoisotopic (exact) mass is 730 g/mol. The molecular formula is C46H50O8. The molecule has 0 aliphatic rings. The maximum atomic E-state index is 12.7.